The molecule has 1 aromatic heterocycles. The topological polar surface area (TPSA) is 75.4 Å². The van der Waals surface area contributed by atoms with Crippen LogP contribution in [0.15, 0.2) is 27.2 Å². The van der Waals surface area contributed by atoms with Crippen molar-refractivity contribution in [3.8, 4) is 11.3 Å². The average Bonchev–Trinajstić information content (AvgIpc) is 2.64. The minimum Gasteiger partial charge on any atom is -0.465 e. The Bertz CT molecular complexity index is 612. The highest BCUT2D eigenvalue weighted by molar-refractivity contribution is 9.10. The molecule has 0 bridgehead atoms. The van der Waals surface area contributed by atoms with Crippen molar-refractivity contribution in [2.75, 3.05) is 5.32 Å². The molecule has 0 radical (unpaired) electrons. The minimum atomic E-state index is -1.18. The number of aromatic nitrogens is 1. The quantitative estimate of drug-likeness (QED) is 0.866. The lowest BCUT2D eigenvalue weighted by Crippen LogP contribution is -2.08. The van der Waals surface area contributed by atoms with E-state index in [9.17, 15) is 4.79 Å². The molecule has 0 aliphatic heterocycles. The summed E-state index contributed by atoms with van der Waals surface area (Å²) in [5, 5.41) is 15.3. The van der Waals surface area contributed by atoms with Crippen LogP contribution in [0.1, 0.15) is 5.69 Å². The van der Waals surface area contributed by atoms with Crippen LogP contribution in [0.3, 0.4) is 0 Å². The molecule has 18 heavy (non-hydrogen) atoms. The zero-order chi connectivity index (χ0) is 13.3. The van der Waals surface area contributed by atoms with Crippen molar-refractivity contribution >= 4 is 39.3 Å². The van der Waals surface area contributed by atoms with Gasteiger partial charge in [-0.3, -0.25) is 5.32 Å². The molecule has 0 fully saturated rings. The number of anilines is 1. The SMILES string of the molecule is Cc1noc(-c2ccc(Br)c(Cl)c2)c1NC(=O)O. The van der Waals surface area contributed by atoms with Crippen molar-refractivity contribution in [1.29, 1.82) is 0 Å². The molecule has 2 N–H and O–H groups in total. The number of rotatable bonds is 2. The molecule has 2 rings (SSSR count). The maximum Gasteiger partial charge on any atom is 0.409 e. The first kappa shape index (κ1) is 12.9. The number of aryl methyl sites for hydroxylation is 1. The molecule has 7 heteroatoms. The number of nitrogens with one attached hydrogen (secondary N) is 1. The first-order valence-corrected chi connectivity index (χ1v) is 6.07. The van der Waals surface area contributed by atoms with Gasteiger partial charge in [0.25, 0.3) is 0 Å². The Hall–Kier alpha value is -1.53. The standard InChI is InChI=1S/C11H8BrClN2O3/c1-5-9(14-11(16)17)10(18-15-5)6-2-3-7(12)8(13)4-6/h2-4,14H,1H3,(H,16,17). The number of hydrogen-bond donors (Lipinski definition) is 2. The van der Waals surface area contributed by atoms with Gasteiger partial charge >= 0.3 is 6.09 Å². The second kappa shape index (κ2) is 4.99. The van der Waals surface area contributed by atoms with Gasteiger partial charge in [-0.05, 0) is 41.1 Å². The number of benzene rings is 1. The lowest BCUT2D eigenvalue weighted by Gasteiger charge is -2.03. The molecule has 0 aliphatic rings. The van der Waals surface area contributed by atoms with Gasteiger partial charge in [-0.2, -0.15) is 0 Å². The van der Waals surface area contributed by atoms with Crippen LogP contribution >= 0.6 is 27.5 Å². The van der Waals surface area contributed by atoms with Crippen molar-refractivity contribution < 1.29 is 14.4 Å². The normalized spacial score (nSPS) is 10.4. The van der Waals surface area contributed by atoms with Gasteiger partial charge in [-0.15, -0.1) is 0 Å². The van der Waals surface area contributed by atoms with Crippen LogP contribution in [-0.4, -0.2) is 16.4 Å². The predicted octanol–water partition coefficient (Wildman–Crippen LogP) is 4.16. The first-order chi connectivity index (χ1) is 8.49. The minimum absolute atomic E-state index is 0.320. The second-order valence-electron chi connectivity index (χ2n) is 3.53. The van der Waals surface area contributed by atoms with Crippen LogP contribution in [0, 0.1) is 6.92 Å². The summed E-state index contributed by atoms with van der Waals surface area (Å²) in [6, 6.07) is 5.17. The molecular formula is C11H8BrClN2O3. The molecule has 1 amide bonds. The number of carbonyl (C=O) groups is 1. The lowest BCUT2D eigenvalue weighted by molar-refractivity contribution is 0.209. The molecule has 0 unspecified atom stereocenters. The predicted molar refractivity (Wildman–Crippen MR) is 71.0 cm³/mol. The Kier molecular flexibility index (Phi) is 3.58. The van der Waals surface area contributed by atoms with Gasteiger partial charge < -0.3 is 9.63 Å². The maximum atomic E-state index is 10.7. The summed E-state index contributed by atoms with van der Waals surface area (Å²) in [5.41, 5.74) is 1.43. The number of hydrogen-bond acceptors (Lipinski definition) is 3. The van der Waals surface area contributed by atoms with E-state index in [-0.39, 0.29) is 0 Å². The Labute approximate surface area is 116 Å². The summed E-state index contributed by atoms with van der Waals surface area (Å²) >= 11 is 9.26. The highest BCUT2D eigenvalue weighted by atomic mass is 79.9. The van der Waals surface area contributed by atoms with Gasteiger partial charge in [0.1, 0.15) is 11.4 Å². The molecule has 0 saturated heterocycles. The van der Waals surface area contributed by atoms with Crippen molar-refractivity contribution in [3.05, 3.63) is 33.4 Å². The third-order valence-electron chi connectivity index (χ3n) is 2.28. The molecule has 0 saturated carbocycles. The number of amides is 1. The summed E-state index contributed by atoms with van der Waals surface area (Å²) in [6.07, 6.45) is -1.18. The smallest absolute Gasteiger partial charge is 0.409 e. The highest BCUT2D eigenvalue weighted by Gasteiger charge is 2.17. The van der Waals surface area contributed by atoms with E-state index in [1.54, 1.807) is 25.1 Å². The van der Waals surface area contributed by atoms with E-state index in [1.807, 2.05) is 0 Å². The summed E-state index contributed by atoms with van der Waals surface area (Å²) in [4.78, 5) is 10.7. The van der Waals surface area contributed by atoms with Crippen LogP contribution in [0.4, 0.5) is 10.5 Å². The molecular weight excluding hydrogens is 323 g/mol. The Morgan fingerprint density at radius 3 is 2.89 bits per heavy atom. The lowest BCUT2D eigenvalue weighted by atomic mass is 10.1. The summed E-state index contributed by atoms with van der Waals surface area (Å²) in [6.45, 7) is 1.65. The Balaban J connectivity index is 2.50. The molecule has 1 heterocycles. The first-order valence-electron chi connectivity index (χ1n) is 4.90. The van der Waals surface area contributed by atoms with Crippen LogP contribution in [0.5, 0.6) is 0 Å². The number of halogens is 2. The fourth-order valence-corrected chi connectivity index (χ4v) is 1.89. The van der Waals surface area contributed by atoms with E-state index in [1.165, 1.54) is 0 Å². The van der Waals surface area contributed by atoms with E-state index < -0.39 is 6.09 Å². The van der Waals surface area contributed by atoms with E-state index in [4.69, 9.17) is 21.2 Å². The second-order valence-corrected chi connectivity index (χ2v) is 4.79. The summed E-state index contributed by atoms with van der Waals surface area (Å²) in [7, 11) is 0. The van der Waals surface area contributed by atoms with Crippen molar-refractivity contribution in [2.45, 2.75) is 6.92 Å². The van der Waals surface area contributed by atoms with E-state index in [2.05, 4.69) is 26.4 Å². The summed E-state index contributed by atoms with van der Waals surface area (Å²) < 4.78 is 5.87. The highest BCUT2D eigenvalue weighted by Crippen LogP contribution is 2.34. The fraction of sp³-hybridized carbons (Fsp3) is 0.0909. The zero-order valence-corrected chi connectivity index (χ0v) is 11.5. The molecule has 1 aromatic carbocycles. The molecule has 5 nitrogen and oxygen atoms in total. The number of nitrogens with zero attached hydrogens (tertiary/aromatic N) is 1. The Morgan fingerprint density at radius 2 is 2.28 bits per heavy atom. The van der Waals surface area contributed by atoms with Crippen LogP contribution in [-0.2, 0) is 0 Å². The summed E-state index contributed by atoms with van der Waals surface area (Å²) in [5.74, 6) is 0.337. The monoisotopic (exact) mass is 330 g/mol. The van der Waals surface area contributed by atoms with Gasteiger partial charge in [0.05, 0.1) is 5.02 Å². The third kappa shape index (κ3) is 2.49. The van der Waals surface area contributed by atoms with Crippen molar-refractivity contribution in [2.24, 2.45) is 0 Å². The molecule has 0 aliphatic carbocycles. The molecule has 0 atom stereocenters. The van der Waals surface area contributed by atoms with E-state index in [0.717, 1.165) is 4.47 Å². The van der Waals surface area contributed by atoms with Crippen LogP contribution in [0.2, 0.25) is 5.02 Å². The largest absolute Gasteiger partial charge is 0.465 e. The van der Waals surface area contributed by atoms with Crippen LogP contribution < -0.4 is 5.32 Å². The zero-order valence-electron chi connectivity index (χ0n) is 9.20. The van der Waals surface area contributed by atoms with E-state index >= 15 is 0 Å². The van der Waals surface area contributed by atoms with Crippen molar-refractivity contribution in [3.63, 3.8) is 0 Å². The third-order valence-corrected chi connectivity index (χ3v) is 3.51. The molecule has 94 valence electrons. The van der Waals surface area contributed by atoms with E-state index in [0.29, 0.717) is 27.7 Å². The van der Waals surface area contributed by atoms with Crippen molar-refractivity contribution in [1.82, 2.24) is 5.16 Å². The van der Waals surface area contributed by atoms with Gasteiger partial charge in [0.15, 0.2) is 5.76 Å². The van der Waals surface area contributed by atoms with Gasteiger partial charge in [-0.25, -0.2) is 4.79 Å². The molecule has 2 aromatic rings. The Morgan fingerprint density at radius 1 is 1.56 bits per heavy atom. The van der Waals surface area contributed by atoms with Gasteiger partial charge in [0, 0.05) is 10.0 Å². The average molecular weight is 332 g/mol. The van der Waals surface area contributed by atoms with Gasteiger partial charge in [0.2, 0.25) is 0 Å². The number of carboxylic acid groups (broad SMARTS) is 1. The fourth-order valence-electron chi connectivity index (χ4n) is 1.46. The van der Waals surface area contributed by atoms with Gasteiger partial charge in [-0.1, -0.05) is 16.8 Å². The maximum absolute atomic E-state index is 10.7. The van der Waals surface area contributed by atoms with Crippen LogP contribution in [0.25, 0.3) is 11.3 Å². The molecule has 0 spiro atoms.